The Morgan fingerprint density at radius 2 is 2.11 bits per heavy atom. The Bertz CT molecular complexity index is 349. The lowest BCUT2D eigenvalue weighted by atomic mass is 9.71. The number of ether oxygens (including phenoxy) is 1. The van der Waals surface area contributed by atoms with Crippen molar-refractivity contribution in [3.05, 3.63) is 35.9 Å². The van der Waals surface area contributed by atoms with Crippen LogP contribution in [0.1, 0.15) is 38.2 Å². The van der Waals surface area contributed by atoms with Crippen molar-refractivity contribution in [3.63, 3.8) is 0 Å². The smallest absolute Gasteiger partial charge is 0.0717 e. The Morgan fingerprint density at radius 3 is 2.78 bits per heavy atom. The number of hydrogen-bond donors (Lipinski definition) is 1. The first kappa shape index (κ1) is 13.6. The predicted molar refractivity (Wildman–Crippen MR) is 73.2 cm³/mol. The van der Waals surface area contributed by atoms with Crippen LogP contribution in [0.15, 0.2) is 30.3 Å². The molecule has 0 heterocycles. The normalized spacial score (nSPS) is 28.2. The van der Waals surface area contributed by atoms with Crippen LogP contribution in [0.5, 0.6) is 0 Å². The van der Waals surface area contributed by atoms with Crippen LogP contribution in [-0.2, 0) is 11.3 Å². The molecule has 2 atom stereocenters. The molecule has 18 heavy (non-hydrogen) atoms. The van der Waals surface area contributed by atoms with Crippen molar-refractivity contribution in [2.24, 2.45) is 11.3 Å². The van der Waals surface area contributed by atoms with Gasteiger partial charge in [-0.25, -0.2) is 0 Å². The van der Waals surface area contributed by atoms with E-state index >= 15 is 0 Å². The number of aliphatic hydroxyl groups is 1. The topological polar surface area (TPSA) is 29.5 Å². The molecule has 1 unspecified atom stereocenters. The van der Waals surface area contributed by atoms with Crippen LogP contribution < -0.4 is 0 Å². The van der Waals surface area contributed by atoms with E-state index < -0.39 is 0 Å². The third kappa shape index (κ3) is 3.56. The Labute approximate surface area is 110 Å². The summed E-state index contributed by atoms with van der Waals surface area (Å²) in [5, 5.41) is 9.68. The van der Waals surface area contributed by atoms with Crippen LogP contribution in [0.2, 0.25) is 0 Å². The van der Waals surface area contributed by atoms with Crippen LogP contribution in [-0.4, -0.2) is 18.3 Å². The van der Waals surface area contributed by atoms with Gasteiger partial charge < -0.3 is 9.84 Å². The first-order valence-electron chi connectivity index (χ1n) is 6.97. The first-order chi connectivity index (χ1) is 8.74. The molecule has 1 aromatic rings. The molecule has 1 aliphatic rings. The summed E-state index contributed by atoms with van der Waals surface area (Å²) >= 11 is 0. The fraction of sp³-hybridized carbons (Fsp3) is 0.625. The molecule has 1 saturated carbocycles. The van der Waals surface area contributed by atoms with Crippen molar-refractivity contribution in [1.82, 2.24) is 0 Å². The number of aliphatic hydroxyl groups excluding tert-OH is 1. The number of rotatable bonds is 5. The Hall–Kier alpha value is -0.860. The highest BCUT2D eigenvalue weighted by atomic mass is 16.5. The summed E-state index contributed by atoms with van der Waals surface area (Å²) in [5.74, 6) is 0.714. The van der Waals surface area contributed by atoms with Gasteiger partial charge in [0, 0.05) is 5.41 Å². The lowest BCUT2D eigenvalue weighted by molar-refractivity contribution is -0.0333. The largest absolute Gasteiger partial charge is 0.396 e. The molecule has 2 nitrogen and oxygen atoms in total. The van der Waals surface area contributed by atoms with E-state index in [4.69, 9.17) is 4.74 Å². The van der Waals surface area contributed by atoms with E-state index in [1.165, 1.54) is 18.4 Å². The van der Waals surface area contributed by atoms with Crippen molar-refractivity contribution in [2.75, 3.05) is 13.2 Å². The molecule has 0 aromatic heterocycles. The third-order valence-corrected chi connectivity index (χ3v) is 4.04. The minimum absolute atomic E-state index is 0.00640. The van der Waals surface area contributed by atoms with Gasteiger partial charge in [0.1, 0.15) is 0 Å². The highest BCUT2D eigenvalue weighted by Gasteiger charge is 2.34. The van der Waals surface area contributed by atoms with E-state index in [9.17, 15) is 5.11 Å². The van der Waals surface area contributed by atoms with Crippen molar-refractivity contribution in [3.8, 4) is 0 Å². The fourth-order valence-electron chi connectivity index (χ4n) is 3.05. The molecule has 0 amide bonds. The lowest BCUT2D eigenvalue weighted by Crippen LogP contribution is -2.36. The molecular weight excluding hydrogens is 224 g/mol. The second-order valence-corrected chi connectivity index (χ2v) is 5.84. The summed E-state index contributed by atoms with van der Waals surface area (Å²) < 4.78 is 5.84. The van der Waals surface area contributed by atoms with Gasteiger partial charge in [0.2, 0.25) is 0 Å². The summed E-state index contributed by atoms with van der Waals surface area (Å²) in [4.78, 5) is 0. The molecule has 0 spiro atoms. The van der Waals surface area contributed by atoms with Crippen LogP contribution in [0.3, 0.4) is 0 Å². The van der Waals surface area contributed by atoms with Gasteiger partial charge in [-0.05, 0) is 24.3 Å². The maximum absolute atomic E-state index is 9.68. The molecule has 100 valence electrons. The van der Waals surface area contributed by atoms with E-state index in [2.05, 4.69) is 19.1 Å². The summed E-state index contributed by atoms with van der Waals surface area (Å²) in [6, 6.07) is 10.2. The molecule has 1 aliphatic carbocycles. The van der Waals surface area contributed by atoms with Gasteiger partial charge in [-0.15, -0.1) is 0 Å². The van der Waals surface area contributed by atoms with E-state index in [1.54, 1.807) is 0 Å². The minimum atomic E-state index is 0.00640. The Balaban J connectivity index is 1.83. The molecule has 0 saturated heterocycles. The monoisotopic (exact) mass is 248 g/mol. The highest BCUT2D eigenvalue weighted by Crippen LogP contribution is 2.39. The lowest BCUT2D eigenvalue weighted by Gasteiger charge is -2.38. The molecule has 0 bridgehead atoms. The zero-order valence-corrected chi connectivity index (χ0v) is 11.3. The van der Waals surface area contributed by atoms with Crippen LogP contribution in [0.4, 0.5) is 0 Å². The Morgan fingerprint density at radius 1 is 1.33 bits per heavy atom. The third-order valence-electron chi connectivity index (χ3n) is 4.04. The summed E-state index contributed by atoms with van der Waals surface area (Å²) in [6.07, 6.45) is 4.71. The van der Waals surface area contributed by atoms with E-state index in [0.717, 1.165) is 12.8 Å². The van der Waals surface area contributed by atoms with Gasteiger partial charge in [-0.3, -0.25) is 0 Å². The van der Waals surface area contributed by atoms with Crippen LogP contribution >= 0.6 is 0 Å². The van der Waals surface area contributed by atoms with E-state index in [0.29, 0.717) is 19.1 Å². The molecule has 1 fully saturated rings. The summed E-state index contributed by atoms with van der Waals surface area (Å²) in [5.41, 5.74) is 1.21. The maximum atomic E-state index is 9.68. The van der Waals surface area contributed by atoms with Crippen molar-refractivity contribution < 1.29 is 9.84 Å². The second kappa shape index (κ2) is 6.35. The molecule has 0 radical (unpaired) electrons. The molecule has 1 aromatic carbocycles. The molecule has 0 aliphatic heterocycles. The zero-order chi connectivity index (χ0) is 12.8. The number of hydrogen-bond acceptors (Lipinski definition) is 2. The van der Waals surface area contributed by atoms with Crippen molar-refractivity contribution in [1.29, 1.82) is 0 Å². The van der Waals surface area contributed by atoms with Gasteiger partial charge in [-0.2, -0.15) is 0 Å². The molecule has 2 heteroatoms. The standard InChI is InChI=1S/C16H24O2/c1-14-6-5-9-16(10-14,12-17)13-18-11-15-7-3-2-4-8-15/h2-4,7-8,14,17H,5-6,9-13H2,1H3/t14-,16?/m1/s1. The Kier molecular flexibility index (Phi) is 4.79. The second-order valence-electron chi connectivity index (χ2n) is 5.84. The van der Waals surface area contributed by atoms with E-state index in [1.807, 2.05) is 18.2 Å². The summed E-state index contributed by atoms with van der Waals surface area (Å²) in [7, 11) is 0. The predicted octanol–water partition coefficient (Wildman–Crippen LogP) is 3.39. The van der Waals surface area contributed by atoms with Crippen LogP contribution in [0.25, 0.3) is 0 Å². The quantitative estimate of drug-likeness (QED) is 0.865. The molecular formula is C16H24O2. The zero-order valence-electron chi connectivity index (χ0n) is 11.3. The van der Waals surface area contributed by atoms with Gasteiger partial charge in [0.15, 0.2) is 0 Å². The maximum Gasteiger partial charge on any atom is 0.0717 e. The van der Waals surface area contributed by atoms with Crippen molar-refractivity contribution in [2.45, 2.75) is 39.2 Å². The van der Waals surface area contributed by atoms with Crippen LogP contribution in [0, 0.1) is 11.3 Å². The average Bonchev–Trinajstić information content (AvgIpc) is 2.40. The first-order valence-corrected chi connectivity index (χ1v) is 6.97. The molecule has 2 rings (SSSR count). The van der Waals surface area contributed by atoms with Gasteiger partial charge in [0.05, 0.1) is 19.8 Å². The summed E-state index contributed by atoms with van der Waals surface area (Å²) in [6.45, 7) is 3.87. The number of benzene rings is 1. The highest BCUT2D eigenvalue weighted by molar-refractivity contribution is 5.13. The minimum Gasteiger partial charge on any atom is -0.396 e. The van der Waals surface area contributed by atoms with Gasteiger partial charge in [-0.1, -0.05) is 50.1 Å². The SMILES string of the molecule is C[C@@H]1CCCC(CO)(COCc2ccccc2)C1. The van der Waals surface area contributed by atoms with E-state index in [-0.39, 0.29) is 12.0 Å². The fourth-order valence-corrected chi connectivity index (χ4v) is 3.05. The van der Waals surface area contributed by atoms with Gasteiger partial charge >= 0.3 is 0 Å². The van der Waals surface area contributed by atoms with Crippen molar-refractivity contribution >= 4 is 0 Å². The average molecular weight is 248 g/mol. The molecule has 1 N–H and O–H groups in total. The van der Waals surface area contributed by atoms with Gasteiger partial charge in [0.25, 0.3) is 0 Å².